The van der Waals surface area contributed by atoms with Crippen molar-refractivity contribution in [3.05, 3.63) is 35.4 Å². The van der Waals surface area contributed by atoms with Crippen LogP contribution >= 0.6 is 0 Å². The minimum atomic E-state index is 0.198. The first-order valence-electron chi connectivity index (χ1n) is 7.77. The quantitative estimate of drug-likeness (QED) is 0.883. The minimum absolute atomic E-state index is 0.198. The molecule has 1 heterocycles. The van der Waals surface area contributed by atoms with Gasteiger partial charge in [-0.15, -0.1) is 0 Å². The lowest BCUT2D eigenvalue weighted by molar-refractivity contribution is 0.114. The molecule has 104 valence electrons. The zero-order chi connectivity index (χ0) is 13.4. The van der Waals surface area contributed by atoms with Gasteiger partial charge in [0, 0.05) is 18.1 Å². The number of fused-ring (bicyclic) bond motifs is 1. The van der Waals surface area contributed by atoms with Crippen molar-refractivity contribution in [2.75, 3.05) is 6.54 Å². The smallest absolute Gasteiger partial charge is 0.0456 e. The highest BCUT2D eigenvalue weighted by molar-refractivity contribution is 5.33. The number of aryl methyl sites for hydroxylation is 1. The molecule has 2 aliphatic rings. The second-order valence-electron chi connectivity index (χ2n) is 6.52. The zero-order valence-electron chi connectivity index (χ0n) is 12.2. The molecule has 1 fully saturated rings. The highest BCUT2D eigenvalue weighted by Crippen LogP contribution is 2.36. The molecular weight excluding hydrogens is 232 g/mol. The summed E-state index contributed by atoms with van der Waals surface area (Å²) in [6.45, 7) is 5.94. The highest BCUT2D eigenvalue weighted by Gasteiger charge is 2.37. The molecule has 1 aromatic rings. The molecular formula is C17H26N2. The third-order valence-electron chi connectivity index (χ3n) is 5.08. The molecule has 2 N–H and O–H groups in total. The fourth-order valence-electron chi connectivity index (χ4n) is 4.09. The van der Waals surface area contributed by atoms with Gasteiger partial charge >= 0.3 is 0 Å². The van der Waals surface area contributed by atoms with Crippen LogP contribution in [0.25, 0.3) is 0 Å². The van der Waals surface area contributed by atoms with E-state index in [1.54, 1.807) is 0 Å². The maximum Gasteiger partial charge on any atom is 0.0456 e. The van der Waals surface area contributed by atoms with E-state index in [0.717, 1.165) is 12.0 Å². The Morgan fingerprint density at radius 1 is 1.21 bits per heavy atom. The first kappa shape index (κ1) is 13.1. The van der Waals surface area contributed by atoms with E-state index in [1.807, 2.05) is 0 Å². The largest absolute Gasteiger partial charge is 0.323 e. The topological polar surface area (TPSA) is 29.3 Å². The Morgan fingerprint density at radius 3 is 2.79 bits per heavy atom. The molecule has 2 nitrogen and oxygen atoms in total. The lowest BCUT2D eigenvalue weighted by atomic mass is 9.83. The molecule has 0 spiro atoms. The average molecular weight is 258 g/mol. The average Bonchev–Trinajstić information content (AvgIpc) is 2.89. The van der Waals surface area contributed by atoms with Crippen LogP contribution in [-0.2, 0) is 6.42 Å². The van der Waals surface area contributed by atoms with Gasteiger partial charge in [0.1, 0.15) is 0 Å². The minimum Gasteiger partial charge on any atom is -0.323 e. The lowest BCUT2D eigenvalue weighted by Crippen LogP contribution is -2.48. The van der Waals surface area contributed by atoms with E-state index in [2.05, 4.69) is 43.0 Å². The number of benzene rings is 1. The molecule has 0 radical (unpaired) electrons. The summed E-state index contributed by atoms with van der Waals surface area (Å²) in [6.07, 6.45) is 5.10. The molecule has 1 aliphatic heterocycles. The molecule has 0 saturated carbocycles. The Hall–Kier alpha value is -0.860. The standard InChI is InChI=1S/C17H26N2/c1-12(2)15-8-5-11-19(15)16-10-9-13-6-3-4-7-14(13)17(16)18/h3-4,6-7,12,15-17H,5,8-11,18H2,1-2H3. The second-order valence-corrected chi connectivity index (χ2v) is 6.52. The van der Waals surface area contributed by atoms with Crippen molar-refractivity contribution in [3.8, 4) is 0 Å². The van der Waals surface area contributed by atoms with E-state index >= 15 is 0 Å². The van der Waals surface area contributed by atoms with Crippen LogP contribution in [0.4, 0.5) is 0 Å². The van der Waals surface area contributed by atoms with Crippen molar-refractivity contribution in [1.29, 1.82) is 0 Å². The number of rotatable bonds is 2. The monoisotopic (exact) mass is 258 g/mol. The molecule has 3 rings (SSSR count). The second kappa shape index (κ2) is 5.26. The van der Waals surface area contributed by atoms with Crippen molar-refractivity contribution >= 4 is 0 Å². The van der Waals surface area contributed by atoms with Gasteiger partial charge in [-0.1, -0.05) is 38.1 Å². The first-order chi connectivity index (χ1) is 9.18. The summed E-state index contributed by atoms with van der Waals surface area (Å²) >= 11 is 0. The van der Waals surface area contributed by atoms with Gasteiger partial charge in [-0.25, -0.2) is 0 Å². The van der Waals surface area contributed by atoms with Crippen LogP contribution in [0.3, 0.4) is 0 Å². The summed E-state index contributed by atoms with van der Waals surface area (Å²) in [5.41, 5.74) is 9.44. The summed E-state index contributed by atoms with van der Waals surface area (Å²) in [5.74, 6) is 0.742. The predicted molar refractivity (Wildman–Crippen MR) is 80.0 cm³/mol. The van der Waals surface area contributed by atoms with Crippen molar-refractivity contribution < 1.29 is 0 Å². The molecule has 0 aromatic heterocycles. The van der Waals surface area contributed by atoms with E-state index in [1.165, 1.54) is 43.4 Å². The van der Waals surface area contributed by atoms with Crippen molar-refractivity contribution in [2.45, 2.75) is 57.7 Å². The lowest BCUT2D eigenvalue weighted by Gasteiger charge is -2.41. The van der Waals surface area contributed by atoms with Gasteiger partial charge in [-0.05, 0) is 49.3 Å². The Labute approximate surface area is 117 Å². The molecule has 19 heavy (non-hydrogen) atoms. The van der Waals surface area contributed by atoms with Crippen LogP contribution in [0.15, 0.2) is 24.3 Å². The third-order valence-corrected chi connectivity index (χ3v) is 5.08. The summed E-state index contributed by atoms with van der Waals surface area (Å²) in [4.78, 5) is 2.71. The molecule has 1 aliphatic carbocycles. The van der Waals surface area contributed by atoms with Gasteiger partial charge in [0.2, 0.25) is 0 Å². The third kappa shape index (κ3) is 2.32. The molecule has 1 aromatic carbocycles. The normalized spacial score (nSPS) is 31.7. The molecule has 0 bridgehead atoms. The summed E-state index contributed by atoms with van der Waals surface area (Å²) in [7, 11) is 0. The fourth-order valence-corrected chi connectivity index (χ4v) is 4.09. The van der Waals surface area contributed by atoms with Crippen molar-refractivity contribution in [3.63, 3.8) is 0 Å². The van der Waals surface area contributed by atoms with Crippen molar-refractivity contribution in [1.82, 2.24) is 4.90 Å². The van der Waals surface area contributed by atoms with Gasteiger partial charge in [-0.2, -0.15) is 0 Å². The SMILES string of the molecule is CC(C)C1CCCN1C1CCc2ccccc2C1N. The van der Waals surface area contributed by atoms with Gasteiger partial charge < -0.3 is 5.73 Å². The van der Waals surface area contributed by atoms with Crippen molar-refractivity contribution in [2.24, 2.45) is 11.7 Å². The van der Waals surface area contributed by atoms with Gasteiger partial charge in [0.25, 0.3) is 0 Å². The first-order valence-corrected chi connectivity index (χ1v) is 7.77. The van der Waals surface area contributed by atoms with Crippen LogP contribution in [0.2, 0.25) is 0 Å². The molecule has 3 unspecified atom stereocenters. The van der Waals surface area contributed by atoms with Crippen LogP contribution in [0.5, 0.6) is 0 Å². The van der Waals surface area contributed by atoms with E-state index in [0.29, 0.717) is 6.04 Å². The molecule has 1 saturated heterocycles. The molecule has 2 heteroatoms. The number of nitrogens with zero attached hydrogens (tertiary/aromatic N) is 1. The van der Waals surface area contributed by atoms with Gasteiger partial charge in [0.15, 0.2) is 0 Å². The van der Waals surface area contributed by atoms with Gasteiger partial charge in [-0.3, -0.25) is 4.90 Å². The van der Waals surface area contributed by atoms with E-state index in [-0.39, 0.29) is 6.04 Å². The summed E-state index contributed by atoms with van der Waals surface area (Å²) < 4.78 is 0. The highest BCUT2D eigenvalue weighted by atomic mass is 15.2. The Bertz CT molecular complexity index is 441. The Balaban J connectivity index is 1.84. The number of hydrogen-bond donors (Lipinski definition) is 1. The maximum absolute atomic E-state index is 6.59. The maximum atomic E-state index is 6.59. The zero-order valence-corrected chi connectivity index (χ0v) is 12.2. The van der Waals surface area contributed by atoms with Crippen LogP contribution < -0.4 is 5.73 Å². The van der Waals surface area contributed by atoms with Crippen LogP contribution in [0, 0.1) is 5.92 Å². The van der Waals surface area contributed by atoms with E-state index in [9.17, 15) is 0 Å². The Morgan fingerprint density at radius 2 is 2.00 bits per heavy atom. The summed E-state index contributed by atoms with van der Waals surface area (Å²) in [5, 5.41) is 0. The molecule has 3 atom stereocenters. The fraction of sp³-hybridized carbons (Fsp3) is 0.647. The van der Waals surface area contributed by atoms with Crippen LogP contribution in [0.1, 0.15) is 50.3 Å². The Kier molecular flexibility index (Phi) is 3.64. The summed E-state index contributed by atoms with van der Waals surface area (Å²) in [6, 6.07) is 10.2. The van der Waals surface area contributed by atoms with Crippen LogP contribution in [-0.4, -0.2) is 23.5 Å². The predicted octanol–water partition coefficient (Wildman–Crippen LogP) is 3.12. The van der Waals surface area contributed by atoms with Gasteiger partial charge in [0.05, 0.1) is 0 Å². The number of nitrogens with two attached hydrogens (primary N) is 1. The number of hydrogen-bond acceptors (Lipinski definition) is 2. The van der Waals surface area contributed by atoms with E-state index < -0.39 is 0 Å². The molecule has 0 amide bonds. The van der Waals surface area contributed by atoms with E-state index in [4.69, 9.17) is 5.73 Å². The number of likely N-dealkylation sites (tertiary alicyclic amines) is 1.